The molecule has 1 saturated carbocycles. The van der Waals surface area contributed by atoms with Crippen LogP contribution in [0, 0.1) is 0 Å². The summed E-state index contributed by atoms with van der Waals surface area (Å²) < 4.78 is 0. The molecule has 1 aliphatic heterocycles. The normalized spacial score (nSPS) is 20.4. The number of benzene rings is 1. The molecule has 2 fully saturated rings. The lowest BCUT2D eigenvalue weighted by atomic mass is 9.95. The van der Waals surface area contributed by atoms with Crippen molar-refractivity contribution in [1.82, 2.24) is 5.32 Å². The van der Waals surface area contributed by atoms with Crippen LogP contribution in [0.1, 0.15) is 32.1 Å². The fourth-order valence-electron chi connectivity index (χ4n) is 3.67. The number of amides is 1. The Morgan fingerprint density at radius 3 is 2.43 bits per heavy atom. The molecule has 1 aliphatic carbocycles. The molecule has 2 aliphatic rings. The fraction of sp³-hybridized carbons (Fsp3) is 0.611. The second kappa shape index (κ2) is 7.68. The molecule has 5 nitrogen and oxygen atoms in total. The Labute approximate surface area is 138 Å². The van der Waals surface area contributed by atoms with Gasteiger partial charge in [-0.05, 0) is 37.1 Å². The van der Waals surface area contributed by atoms with Gasteiger partial charge in [0.25, 0.3) is 5.91 Å². The SMILES string of the molecule is O=C(C[NH+]1CCN(c2ccc(O)cc2)CC1)NC1CCCCC1. The zero-order chi connectivity index (χ0) is 16.1. The fourth-order valence-corrected chi connectivity index (χ4v) is 3.67. The third kappa shape index (κ3) is 4.61. The first-order valence-electron chi connectivity index (χ1n) is 8.87. The highest BCUT2D eigenvalue weighted by Crippen LogP contribution is 2.18. The Balaban J connectivity index is 1.41. The van der Waals surface area contributed by atoms with Crippen LogP contribution in [-0.2, 0) is 4.79 Å². The number of phenols is 1. The van der Waals surface area contributed by atoms with E-state index in [2.05, 4.69) is 10.2 Å². The van der Waals surface area contributed by atoms with Crippen LogP contribution in [0.15, 0.2) is 24.3 Å². The van der Waals surface area contributed by atoms with Gasteiger partial charge >= 0.3 is 0 Å². The van der Waals surface area contributed by atoms with Crippen molar-refractivity contribution < 1.29 is 14.8 Å². The van der Waals surface area contributed by atoms with Crippen molar-refractivity contribution in [1.29, 1.82) is 0 Å². The number of nitrogens with zero attached hydrogens (tertiary/aromatic N) is 1. The molecule has 3 N–H and O–H groups in total. The second-order valence-corrected chi connectivity index (χ2v) is 6.83. The molecule has 1 heterocycles. The molecule has 0 spiro atoms. The highest BCUT2D eigenvalue weighted by Gasteiger charge is 2.24. The molecule has 0 unspecified atom stereocenters. The summed E-state index contributed by atoms with van der Waals surface area (Å²) in [4.78, 5) is 15.9. The van der Waals surface area contributed by atoms with E-state index in [-0.39, 0.29) is 5.91 Å². The maximum Gasteiger partial charge on any atom is 0.275 e. The third-order valence-corrected chi connectivity index (χ3v) is 5.07. The molecular weight excluding hydrogens is 290 g/mol. The van der Waals surface area contributed by atoms with Gasteiger partial charge in [-0.2, -0.15) is 0 Å². The average molecular weight is 318 g/mol. The predicted molar refractivity (Wildman–Crippen MR) is 90.9 cm³/mol. The van der Waals surface area contributed by atoms with E-state index in [0.717, 1.165) is 44.7 Å². The smallest absolute Gasteiger partial charge is 0.275 e. The van der Waals surface area contributed by atoms with E-state index in [1.807, 2.05) is 12.1 Å². The van der Waals surface area contributed by atoms with E-state index >= 15 is 0 Å². The number of hydrogen-bond acceptors (Lipinski definition) is 3. The van der Waals surface area contributed by atoms with E-state index in [4.69, 9.17) is 0 Å². The number of nitrogens with one attached hydrogen (secondary N) is 2. The van der Waals surface area contributed by atoms with Gasteiger partial charge in [-0.1, -0.05) is 19.3 Å². The minimum absolute atomic E-state index is 0.213. The summed E-state index contributed by atoms with van der Waals surface area (Å²) in [6, 6.07) is 7.78. The maximum atomic E-state index is 12.2. The lowest BCUT2D eigenvalue weighted by Crippen LogP contribution is -3.16. The summed E-state index contributed by atoms with van der Waals surface area (Å²) in [5, 5.41) is 12.6. The monoisotopic (exact) mass is 318 g/mol. The van der Waals surface area contributed by atoms with Crippen molar-refractivity contribution in [2.24, 2.45) is 0 Å². The Morgan fingerprint density at radius 1 is 1.13 bits per heavy atom. The molecule has 1 amide bonds. The largest absolute Gasteiger partial charge is 0.508 e. The molecule has 23 heavy (non-hydrogen) atoms. The average Bonchev–Trinajstić information content (AvgIpc) is 2.57. The molecule has 3 rings (SSSR count). The molecule has 1 aromatic carbocycles. The van der Waals surface area contributed by atoms with Crippen molar-refractivity contribution in [2.45, 2.75) is 38.1 Å². The maximum absolute atomic E-state index is 12.2. The van der Waals surface area contributed by atoms with Gasteiger partial charge in [0, 0.05) is 11.7 Å². The van der Waals surface area contributed by atoms with Crippen LogP contribution < -0.4 is 15.1 Å². The summed E-state index contributed by atoms with van der Waals surface area (Å²) in [5.74, 6) is 0.516. The molecule has 0 bridgehead atoms. The quantitative estimate of drug-likeness (QED) is 0.760. The highest BCUT2D eigenvalue weighted by molar-refractivity contribution is 5.77. The zero-order valence-corrected chi connectivity index (χ0v) is 13.8. The van der Waals surface area contributed by atoms with Crippen LogP contribution in [0.2, 0.25) is 0 Å². The number of carbonyl (C=O) groups is 1. The number of phenolic OH excluding ortho intramolecular Hbond substituents is 1. The summed E-state index contributed by atoms with van der Waals surface area (Å²) in [6.45, 7) is 4.48. The van der Waals surface area contributed by atoms with Gasteiger partial charge in [0.15, 0.2) is 6.54 Å². The molecule has 126 valence electrons. The van der Waals surface area contributed by atoms with Crippen molar-refractivity contribution in [3.05, 3.63) is 24.3 Å². The molecule has 5 heteroatoms. The standard InChI is InChI=1S/C18H27N3O2/c22-17-8-6-16(7-9-17)21-12-10-20(11-13-21)14-18(23)19-15-4-2-1-3-5-15/h6-9,15,22H,1-5,10-14H2,(H,19,23)/p+1. The van der Waals surface area contributed by atoms with Crippen molar-refractivity contribution >= 4 is 11.6 Å². The van der Waals surface area contributed by atoms with Gasteiger partial charge in [0.2, 0.25) is 0 Å². The lowest BCUT2D eigenvalue weighted by molar-refractivity contribution is -0.892. The number of aromatic hydroxyl groups is 1. The summed E-state index contributed by atoms with van der Waals surface area (Å²) in [6.07, 6.45) is 6.12. The Hall–Kier alpha value is -1.75. The van der Waals surface area contributed by atoms with E-state index in [0.29, 0.717) is 18.3 Å². The van der Waals surface area contributed by atoms with Crippen molar-refractivity contribution in [2.75, 3.05) is 37.6 Å². The van der Waals surface area contributed by atoms with Gasteiger partial charge in [-0.3, -0.25) is 4.79 Å². The number of hydrogen-bond donors (Lipinski definition) is 3. The van der Waals surface area contributed by atoms with Crippen LogP contribution >= 0.6 is 0 Å². The molecule has 1 saturated heterocycles. The van der Waals surface area contributed by atoms with E-state index < -0.39 is 0 Å². The summed E-state index contributed by atoms with van der Waals surface area (Å²) in [7, 11) is 0. The van der Waals surface area contributed by atoms with E-state index in [1.54, 1.807) is 12.1 Å². The van der Waals surface area contributed by atoms with Crippen LogP contribution in [0.4, 0.5) is 5.69 Å². The molecule has 0 aromatic heterocycles. The lowest BCUT2D eigenvalue weighted by Gasteiger charge is -2.33. The Bertz CT molecular complexity index is 504. The number of quaternary nitrogens is 1. The van der Waals surface area contributed by atoms with Gasteiger partial charge < -0.3 is 20.2 Å². The number of carbonyl (C=O) groups excluding carboxylic acids is 1. The Kier molecular flexibility index (Phi) is 5.39. The molecule has 1 aromatic rings. The number of rotatable bonds is 4. The highest BCUT2D eigenvalue weighted by atomic mass is 16.3. The molecule has 0 atom stereocenters. The molecular formula is C18H28N3O2+. The number of anilines is 1. The van der Waals surface area contributed by atoms with E-state index in [1.165, 1.54) is 24.2 Å². The van der Waals surface area contributed by atoms with Crippen LogP contribution in [-0.4, -0.2) is 49.8 Å². The summed E-state index contributed by atoms with van der Waals surface area (Å²) in [5.41, 5.74) is 1.15. The first-order valence-corrected chi connectivity index (χ1v) is 8.87. The van der Waals surface area contributed by atoms with Crippen LogP contribution in [0.5, 0.6) is 5.75 Å². The minimum atomic E-state index is 0.213. The minimum Gasteiger partial charge on any atom is -0.508 e. The Morgan fingerprint density at radius 2 is 1.78 bits per heavy atom. The van der Waals surface area contributed by atoms with Crippen molar-refractivity contribution in [3.8, 4) is 5.75 Å². The van der Waals surface area contributed by atoms with Crippen LogP contribution in [0.25, 0.3) is 0 Å². The molecule has 0 radical (unpaired) electrons. The van der Waals surface area contributed by atoms with Crippen molar-refractivity contribution in [3.63, 3.8) is 0 Å². The topological polar surface area (TPSA) is 57.0 Å². The predicted octanol–water partition coefficient (Wildman–Crippen LogP) is 0.546. The van der Waals surface area contributed by atoms with Gasteiger partial charge in [-0.15, -0.1) is 0 Å². The first-order chi connectivity index (χ1) is 11.2. The van der Waals surface area contributed by atoms with Gasteiger partial charge in [-0.25, -0.2) is 0 Å². The van der Waals surface area contributed by atoms with Gasteiger partial charge in [0.1, 0.15) is 5.75 Å². The number of piperazine rings is 1. The first kappa shape index (κ1) is 16.1. The van der Waals surface area contributed by atoms with E-state index in [9.17, 15) is 9.90 Å². The zero-order valence-electron chi connectivity index (χ0n) is 13.8. The second-order valence-electron chi connectivity index (χ2n) is 6.83. The van der Waals surface area contributed by atoms with Gasteiger partial charge in [0.05, 0.1) is 26.2 Å². The summed E-state index contributed by atoms with van der Waals surface area (Å²) >= 11 is 0. The third-order valence-electron chi connectivity index (χ3n) is 5.07. The van der Waals surface area contributed by atoms with Crippen LogP contribution in [0.3, 0.4) is 0 Å².